The molecule has 0 fully saturated rings. The molecule has 0 rings (SSSR count). The van der Waals surface area contributed by atoms with Crippen LogP contribution in [-0.2, 0) is 0 Å². The molecule has 0 nitrogen and oxygen atoms in total. The summed E-state index contributed by atoms with van der Waals surface area (Å²) in [5, 5.41) is 0. The Hall–Kier alpha value is 2.48. The van der Waals surface area contributed by atoms with Crippen LogP contribution in [0.5, 0.6) is 0 Å². The Balaban J connectivity index is 0. The van der Waals surface area contributed by atoms with E-state index in [1.165, 1.54) is 0 Å². The van der Waals surface area contributed by atoms with E-state index in [9.17, 15) is 0 Å². The third-order valence-corrected chi connectivity index (χ3v) is 0. The van der Waals surface area contributed by atoms with Gasteiger partial charge in [-0.3, -0.25) is 0 Å². The van der Waals surface area contributed by atoms with Gasteiger partial charge in [-0.25, -0.2) is 0 Å². The van der Waals surface area contributed by atoms with Gasteiger partial charge in [0.05, 0.1) is 0 Å². The number of hydrogen-bond acceptors (Lipinski definition) is 0. The van der Waals surface area contributed by atoms with Gasteiger partial charge in [-0.2, -0.15) is 0 Å². The summed E-state index contributed by atoms with van der Waals surface area (Å²) < 4.78 is 0. The SMILES string of the molecule is [C].[Ge].[Pb].[Si].[Sn]. The van der Waals surface area contributed by atoms with Gasteiger partial charge in [-0.05, 0) is 0 Å². The minimum atomic E-state index is 0. The van der Waals surface area contributed by atoms with Gasteiger partial charge in [-0.15, -0.1) is 0 Å². The molecule has 0 aromatic rings. The fourth-order valence-corrected chi connectivity index (χ4v) is 0. The van der Waals surface area contributed by atoms with Gasteiger partial charge in [0.2, 0.25) is 0 Å². The Morgan fingerprint density at radius 2 is 1.00 bits per heavy atom. The van der Waals surface area contributed by atoms with Gasteiger partial charge in [0.25, 0.3) is 0 Å². The molecule has 20 valence electrons. The number of rotatable bonds is 0. The smallest absolute Gasteiger partial charge is 0 e. The summed E-state index contributed by atoms with van der Waals surface area (Å²) in [6.07, 6.45) is 0. The van der Waals surface area contributed by atoms with Crippen LogP contribution in [-0.4, -0.2) is 79.8 Å². The van der Waals surface area contributed by atoms with Crippen molar-refractivity contribution < 1.29 is 0 Å². The van der Waals surface area contributed by atoms with Gasteiger partial charge in [0, 0.05) is 87.2 Å². The van der Waals surface area contributed by atoms with Crippen LogP contribution in [0.25, 0.3) is 0 Å². The molecule has 4 heteroatoms. The van der Waals surface area contributed by atoms with Crippen LogP contribution in [0.3, 0.4) is 0 Å². The second kappa shape index (κ2) is 31.6. The van der Waals surface area contributed by atoms with E-state index in [0.717, 1.165) is 0 Å². The van der Waals surface area contributed by atoms with Gasteiger partial charge in [0.15, 0.2) is 0 Å². The first-order valence-corrected chi connectivity index (χ1v) is 0. The monoisotopic (exact) mass is 442 g/mol. The van der Waals surface area contributed by atoms with Crippen molar-refractivity contribution in [2.45, 2.75) is 0 Å². The fraction of sp³-hybridized carbons (Fsp3) is 0. The molecule has 0 atom stereocenters. The van der Waals surface area contributed by atoms with Crippen molar-refractivity contribution in [1.29, 1.82) is 0 Å². The average molecular weight is 439 g/mol. The molecule has 5 heavy (non-hydrogen) atoms. The van der Waals surface area contributed by atoms with Crippen molar-refractivity contribution >= 4 is 79.8 Å². The molecule has 0 saturated heterocycles. The van der Waals surface area contributed by atoms with E-state index in [1.807, 2.05) is 0 Å². The van der Waals surface area contributed by atoms with Crippen LogP contribution >= 0.6 is 0 Å². The summed E-state index contributed by atoms with van der Waals surface area (Å²) >= 11 is 0. The van der Waals surface area contributed by atoms with Crippen LogP contribution in [0.4, 0.5) is 0 Å². The molecule has 0 saturated carbocycles. The summed E-state index contributed by atoms with van der Waals surface area (Å²) in [5.41, 5.74) is 0. The molecular formula is CGePbSiSn. The summed E-state index contributed by atoms with van der Waals surface area (Å²) in [6, 6.07) is 0. The van der Waals surface area contributed by atoms with Crippen molar-refractivity contribution in [3.8, 4) is 0 Å². The van der Waals surface area contributed by atoms with E-state index < -0.39 is 0 Å². The van der Waals surface area contributed by atoms with Gasteiger partial charge >= 0.3 is 0 Å². The second-order valence-corrected chi connectivity index (χ2v) is 0. The van der Waals surface area contributed by atoms with Crippen molar-refractivity contribution in [1.82, 2.24) is 0 Å². The predicted molar refractivity (Wildman–Crippen MR) is 26.3 cm³/mol. The van der Waals surface area contributed by atoms with Crippen LogP contribution in [0.1, 0.15) is 0 Å². The molecule has 0 N–H and O–H groups in total. The molecule has 0 bridgehead atoms. The molecule has 20 radical (unpaired) electrons. The zero-order valence-electron chi connectivity index (χ0n) is 2.50. The van der Waals surface area contributed by atoms with E-state index in [0.29, 0.717) is 0 Å². The van der Waals surface area contributed by atoms with Crippen molar-refractivity contribution in [2.75, 3.05) is 0 Å². The molecule has 0 spiro atoms. The maximum atomic E-state index is 0. The molecule has 0 aliphatic carbocycles. The average Bonchev–Trinajstić information content (AvgIpc) is 0. The largest absolute Gasteiger partial charge is 0 e. The van der Waals surface area contributed by atoms with Gasteiger partial charge < -0.3 is 0 Å². The third-order valence-electron chi connectivity index (χ3n) is 0. The molecule has 0 aromatic heterocycles. The van der Waals surface area contributed by atoms with Crippen LogP contribution < -0.4 is 0 Å². The molecule has 0 unspecified atom stereocenters. The first-order chi connectivity index (χ1) is 0. The predicted octanol–water partition coefficient (Wildman–Crippen LogP) is -1.44. The molecule has 0 aromatic carbocycles. The quantitative estimate of drug-likeness (QED) is 0.407. The zero-order valence-corrected chi connectivity index (χ0v) is 12.3. The van der Waals surface area contributed by atoms with E-state index >= 15 is 0 Å². The standard InChI is InChI=1S/C.Ge.Pb.Si.Sn. The Morgan fingerprint density at radius 3 is 1.00 bits per heavy atom. The minimum Gasteiger partial charge on any atom is 0 e. The van der Waals surface area contributed by atoms with E-state index in [1.54, 1.807) is 0 Å². The first kappa shape index (κ1) is 51.1. The van der Waals surface area contributed by atoms with E-state index in [2.05, 4.69) is 0 Å². The maximum absolute atomic E-state index is 0. The Kier molecular flexibility index (Phi) is 323. The van der Waals surface area contributed by atoms with Gasteiger partial charge in [-0.1, -0.05) is 0 Å². The van der Waals surface area contributed by atoms with Crippen LogP contribution in [0, 0.1) is 7.43 Å². The second-order valence-electron chi connectivity index (χ2n) is 0. The van der Waals surface area contributed by atoms with Crippen molar-refractivity contribution in [2.24, 2.45) is 0 Å². The topological polar surface area (TPSA) is 0 Å². The van der Waals surface area contributed by atoms with E-state index in [-0.39, 0.29) is 87.2 Å². The summed E-state index contributed by atoms with van der Waals surface area (Å²) in [4.78, 5) is 0. The maximum Gasteiger partial charge on any atom is 0 e. The van der Waals surface area contributed by atoms with Gasteiger partial charge in [0.1, 0.15) is 0 Å². The normalized spacial score (nSPS) is 0. The number of hydrogen-bond donors (Lipinski definition) is 0. The molecule has 0 aliphatic rings. The first-order valence-electron chi connectivity index (χ1n) is 0. The Labute approximate surface area is 86.0 Å². The molecule has 0 aliphatic heterocycles. The summed E-state index contributed by atoms with van der Waals surface area (Å²) in [5.74, 6) is 0. The van der Waals surface area contributed by atoms with Crippen molar-refractivity contribution in [3.05, 3.63) is 7.43 Å². The molecule has 0 amide bonds. The van der Waals surface area contributed by atoms with Crippen LogP contribution in [0.15, 0.2) is 0 Å². The molecule has 0 heterocycles. The Bertz CT molecular complexity index is 11.6. The Morgan fingerprint density at radius 1 is 1.00 bits per heavy atom. The minimum absolute atomic E-state index is 0. The third kappa shape index (κ3) is 21.1. The van der Waals surface area contributed by atoms with Crippen LogP contribution in [0.2, 0.25) is 0 Å². The van der Waals surface area contributed by atoms with Crippen molar-refractivity contribution in [3.63, 3.8) is 0 Å². The van der Waals surface area contributed by atoms with E-state index in [4.69, 9.17) is 0 Å². The zero-order chi connectivity index (χ0) is 0. The summed E-state index contributed by atoms with van der Waals surface area (Å²) in [7, 11) is 0. The molecular weight excluding hydrogens is 439 g/mol. The summed E-state index contributed by atoms with van der Waals surface area (Å²) in [6.45, 7) is 0. The fourth-order valence-electron chi connectivity index (χ4n) is 0.